The van der Waals surface area contributed by atoms with E-state index in [-0.39, 0.29) is 24.7 Å². The van der Waals surface area contributed by atoms with Gasteiger partial charge in [-0.3, -0.25) is 4.68 Å². The van der Waals surface area contributed by atoms with Crippen LogP contribution in [0.15, 0.2) is 61.1 Å². The molecule has 5 aromatic rings. The number of ether oxygens (including phenoxy) is 1. The number of hydrogen-bond acceptors (Lipinski definition) is 7. The molecule has 1 N–H and O–H groups in total. The van der Waals surface area contributed by atoms with Crippen molar-refractivity contribution in [3.05, 3.63) is 72.7 Å². The van der Waals surface area contributed by atoms with E-state index in [1.54, 1.807) is 35.3 Å². The fraction of sp³-hybridized carbons (Fsp3) is 0.296. The predicted molar refractivity (Wildman–Crippen MR) is 151 cm³/mol. The Morgan fingerprint density at radius 3 is 2.67 bits per heavy atom. The molecule has 12 heteroatoms. The van der Waals surface area contributed by atoms with E-state index < -0.39 is 11.9 Å². The van der Waals surface area contributed by atoms with Gasteiger partial charge in [0.2, 0.25) is 5.95 Å². The lowest BCUT2D eigenvalue weighted by molar-refractivity contribution is 0.191. The fourth-order valence-electron chi connectivity index (χ4n) is 4.84. The quantitative estimate of drug-likeness (QED) is 0.315. The molecule has 202 valence electrons. The van der Waals surface area contributed by atoms with Gasteiger partial charge in [0.25, 0.3) is 0 Å². The van der Waals surface area contributed by atoms with E-state index in [1.807, 2.05) is 26.1 Å². The molecule has 0 bridgehead atoms. The van der Waals surface area contributed by atoms with Gasteiger partial charge in [-0.1, -0.05) is 26.0 Å². The van der Waals surface area contributed by atoms with Crippen molar-refractivity contribution in [2.24, 2.45) is 12.5 Å². The number of nitrogens with zero attached hydrogens (tertiary/aromatic N) is 8. The summed E-state index contributed by atoms with van der Waals surface area (Å²) in [6.45, 7) is 7.75. The van der Waals surface area contributed by atoms with Gasteiger partial charge in [-0.2, -0.15) is 18.6 Å². The van der Waals surface area contributed by atoms with E-state index in [0.717, 1.165) is 35.1 Å². The maximum Gasteiger partial charge on any atom is 0.228 e. The van der Waals surface area contributed by atoms with Crippen molar-refractivity contribution >= 4 is 25.3 Å². The number of halogens is 1. The summed E-state index contributed by atoms with van der Waals surface area (Å²) in [5, 5.41) is 16.4. The summed E-state index contributed by atoms with van der Waals surface area (Å²) < 4.78 is 26.2. The monoisotopic (exact) mass is 547 g/mol. The smallest absolute Gasteiger partial charge is 0.228 e. The summed E-state index contributed by atoms with van der Waals surface area (Å²) in [5.41, 5.74) is 2.55. The summed E-state index contributed by atoms with van der Waals surface area (Å²) in [5.74, 6) is 2.45. The van der Waals surface area contributed by atoms with Crippen molar-refractivity contribution in [2.75, 3.05) is 5.32 Å². The third-order valence-electron chi connectivity index (χ3n) is 6.61. The highest BCUT2D eigenvalue weighted by molar-refractivity contribution is 7.59. The van der Waals surface area contributed by atoms with E-state index in [9.17, 15) is 4.39 Å². The lowest BCUT2D eigenvalue weighted by Gasteiger charge is -2.25. The second-order valence-corrected chi connectivity index (χ2v) is 10.3. The molecule has 0 fully saturated rings. The third kappa shape index (κ3) is 5.11. The molecule has 0 radical (unpaired) electrons. The number of aromatic nitrogens is 8. The minimum absolute atomic E-state index is 0. The zero-order valence-electron chi connectivity index (χ0n) is 22.1. The first-order valence-corrected chi connectivity index (χ1v) is 12.4. The number of fused-ring (bicyclic) bond motifs is 3. The molecular weight excluding hydrogens is 517 g/mol. The number of para-hydroxylation sites is 1. The number of hydrogen-bond donors (Lipinski definition) is 1. The highest BCUT2D eigenvalue weighted by atomic mass is 32.1. The van der Waals surface area contributed by atoms with Crippen LogP contribution in [0.1, 0.15) is 32.7 Å². The van der Waals surface area contributed by atoms with Gasteiger partial charge in [0.1, 0.15) is 5.82 Å². The molecule has 4 aromatic heterocycles. The standard InChI is InChI=1S/C27H28FN9O.H2S/c1-17(38-22-8-6-5-7-19(22)28)24-33-34-25-21-13-18(14-36(21)15-27(2,3)16-37(24)25)20-9-11-29-26(31-20)32-23-10-12-30-35(23)4;/h5-14,17H,15-16H2,1-4H3,(H,29,31,32);1H2/t17-;/m0./s1. The van der Waals surface area contributed by atoms with E-state index in [1.165, 1.54) is 6.07 Å². The highest BCUT2D eigenvalue weighted by Crippen LogP contribution is 2.37. The Kier molecular flexibility index (Phi) is 6.89. The van der Waals surface area contributed by atoms with Crippen molar-refractivity contribution in [3.8, 4) is 28.5 Å². The Labute approximate surface area is 232 Å². The molecule has 0 spiro atoms. The van der Waals surface area contributed by atoms with E-state index >= 15 is 0 Å². The number of nitrogens with one attached hydrogen (secondary N) is 1. The Morgan fingerprint density at radius 2 is 1.90 bits per heavy atom. The van der Waals surface area contributed by atoms with Crippen LogP contribution < -0.4 is 10.1 Å². The summed E-state index contributed by atoms with van der Waals surface area (Å²) in [4.78, 5) is 9.09. The summed E-state index contributed by atoms with van der Waals surface area (Å²) in [6, 6.07) is 12.2. The second kappa shape index (κ2) is 10.2. The van der Waals surface area contributed by atoms with Crippen LogP contribution in [0.4, 0.5) is 16.2 Å². The van der Waals surface area contributed by atoms with Crippen LogP contribution in [0.2, 0.25) is 0 Å². The second-order valence-electron chi connectivity index (χ2n) is 10.3. The molecule has 5 heterocycles. The molecule has 39 heavy (non-hydrogen) atoms. The van der Waals surface area contributed by atoms with Crippen molar-refractivity contribution in [1.29, 1.82) is 0 Å². The zero-order chi connectivity index (χ0) is 26.4. The van der Waals surface area contributed by atoms with Crippen LogP contribution in [0, 0.1) is 11.2 Å². The molecule has 1 aromatic carbocycles. The molecule has 10 nitrogen and oxygen atoms in total. The first kappa shape index (κ1) is 26.4. The van der Waals surface area contributed by atoms with E-state index in [4.69, 9.17) is 9.72 Å². The van der Waals surface area contributed by atoms with Crippen molar-refractivity contribution < 1.29 is 9.13 Å². The van der Waals surface area contributed by atoms with Gasteiger partial charge in [0.15, 0.2) is 29.3 Å². The molecule has 0 aliphatic carbocycles. The first-order chi connectivity index (χ1) is 18.3. The summed E-state index contributed by atoms with van der Waals surface area (Å²) in [7, 11) is 1.85. The number of benzene rings is 1. The molecule has 0 saturated heterocycles. The van der Waals surface area contributed by atoms with Crippen LogP contribution >= 0.6 is 13.5 Å². The van der Waals surface area contributed by atoms with Crippen LogP contribution in [0.5, 0.6) is 5.75 Å². The first-order valence-electron chi connectivity index (χ1n) is 12.4. The molecule has 0 unspecified atom stereocenters. The fourth-order valence-corrected chi connectivity index (χ4v) is 4.84. The van der Waals surface area contributed by atoms with Gasteiger partial charge in [-0.25, -0.2) is 14.4 Å². The lowest BCUT2D eigenvalue weighted by Crippen LogP contribution is -2.25. The number of rotatable bonds is 6. The maximum atomic E-state index is 14.2. The summed E-state index contributed by atoms with van der Waals surface area (Å²) >= 11 is 0. The molecule has 6 rings (SSSR count). The van der Waals surface area contributed by atoms with Gasteiger partial charge in [-0.05, 0) is 31.2 Å². The van der Waals surface area contributed by atoms with E-state index in [2.05, 4.69) is 60.8 Å². The average molecular weight is 548 g/mol. The topological polar surface area (TPSA) is 101 Å². The molecule has 0 amide bonds. The Hall–Kier alpha value is -4.19. The third-order valence-corrected chi connectivity index (χ3v) is 6.61. The average Bonchev–Trinajstić information content (AvgIpc) is 3.58. The van der Waals surface area contributed by atoms with Crippen molar-refractivity contribution in [2.45, 2.75) is 40.0 Å². The number of aryl methyl sites for hydroxylation is 1. The lowest BCUT2D eigenvalue weighted by atomic mass is 9.93. The van der Waals surface area contributed by atoms with Gasteiger partial charge < -0.3 is 19.2 Å². The van der Waals surface area contributed by atoms with E-state index in [0.29, 0.717) is 18.3 Å². The Balaban J connectivity index is 0.00000308. The Morgan fingerprint density at radius 1 is 1.08 bits per heavy atom. The summed E-state index contributed by atoms with van der Waals surface area (Å²) in [6.07, 6.45) is 5.05. The largest absolute Gasteiger partial charge is 0.480 e. The van der Waals surface area contributed by atoms with Gasteiger partial charge in [-0.15, -0.1) is 10.2 Å². The van der Waals surface area contributed by atoms with Crippen LogP contribution in [0.25, 0.3) is 22.8 Å². The maximum absolute atomic E-state index is 14.2. The van der Waals surface area contributed by atoms with Gasteiger partial charge in [0.05, 0.1) is 17.6 Å². The molecular formula is C27H30FN9OS. The molecule has 1 aliphatic heterocycles. The Bertz CT molecular complexity index is 1620. The van der Waals surface area contributed by atoms with Crippen LogP contribution in [-0.4, -0.2) is 39.1 Å². The van der Waals surface area contributed by atoms with Crippen LogP contribution in [0.3, 0.4) is 0 Å². The number of anilines is 2. The van der Waals surface area contributed by atoms with Gasteiger partial charge in [0, 0.05) is 49.6 Å². The minimum Gasteiger partial charge on any atom is -0.480 e. The normalized spacial score (nSPS) is 14.5. The van der Waals surface area contributed by atoms with Gasteiger partial charge >= 0.3 is 0 Å². The predicted octanol–water partition coefficient (Wildman–Crippen LogP) is 5.11. The molecule has 0 saturated carbocycles. The molecule has 1 atom stereocenters. The van der Waals surface area contributed by atoms with Crippen LogP contribution in [-0.2, 0) is 20.1 Å². The van der Waals surface area contributed by atoms with Crippen molar-refractivity contribution in [3.63, 3.8) is 0 Å². The highest BCUT2D eigenvalue weighted by Gasteiger charge is 2.32. The van der Waals surface area contributed by atoms with Crippen molar-refractivity contribution in [1.82, 2.24) is 39.1 Å². The zero-order valence-corrected chi connectivity index (χ0v) is 23.1. The SMILES string of the molecule is C[C@H](Oc1ccccc1F)c1nnc2n1CC(C)(C)Cn1cc(-c3ccnc(Nc4ccnn4C)n3)cc1-2.S. The molecule has 1 aliphatic rings. The minimum atomic E-state index is -0.493.